The minimum absolute atomic E-state index is 0.480. The van der Waals surface area contributed by atoms with Crippen LogP contribution in [0.3, 0.4) is 0 Å². The fraction of sp³-hybridized carbons (Fsp3) is 0.200. The maximum absolute atomic E-state index is 9.41. The van der Waals surface area contributed by atoms with Crippen molar-refractivity contribution >= 4 is 24.1 Å². The van der Waals surface area contributed by atoms with E-state index in [-0.39, 0.29) is 0 Å². The first-order chi connectivity index (χ1) is 12.4. The highest BCUT2D eigenvalue weighted by molar-refractivity contribution is 5.75. The number of hydrogen-bond acceptors (Lipinski definition) is 4. The molecule has 0 aliphatic rings. The second kappa shape index (κ2) is 8.46. The lowest BCUT2D eigenvalue weighted by Crippen LogP contribution is -2.07. The van der Waals surface area contributed by atoms with Crippen LogP contribution >= 0.6 is 0 Å². The van der Waals surface area contributed by atoms with E-state index in [4.69, 9.17) is 0 Å². The van der Waals surface area contributed by atoms with Gasteiger partial charge in [0.15, 0.2) is 0 Å². The van der Waals surface area contributed by atoms with Gasteiger partial charge in [-0.25, -0.2) is 9.98 Å². The molecule has 130 valence electrons. The minimum Gasteiger partial charge on any atom is -0.369 e. The Morgan fingerprint density at radius 2 is 1.12 bits per heavy atom. The third kappa shape index (κ3) is 4.68. The quantitative estimate of drug-likeness (QED) is 0.614. The second-order valence-corrected chi connectivity index (χ2v) is 6.10. The van der Waals surface area contributed by atoms with Crippen LogP contribution in [0.5, 0.6) is 0 Å². The van der Waals surface area contributed by atoms with Gasteiger partial charge in [0.25, 0.3) is 0 Å². The van der Waals surface area contributed by atoms with E-state index in [1.807, 2.05) is 40.3 Å². The van der Waals surface area contributed by atoms with Crippen LogP contribution in [-0.4, -0.2) is 50.7 Å². The normalized spacial score (nSPS) is 10.7. The van der Waals surface area contributed by atoms with Gasteiger partial charge in [0.05, 0.1) is 35.2 Å². The predicted octanol–water partition coefficient (Wildman–Crippen LogP) is 3.54. The number of benzene rings is 2. The molecule has 26 heavy (non-hydrogen) atoms. The van der Waals surface area contributed by atoms with E-state index >= 15 is 0 Å². The second-order valence-electron chi connectivity index (χ2n) is 6.10. The number of nitrogens with zero attached hydrogens (tertiary/aromatic N) is 6. The number of nitriles is 2. The third-order valence-electron chi connectivity index (χ3n) is 3.42. The Morgan fingerprint density at radius 1 is 0.731 bits per heavy atom. The summed E-state index contributed by atoms with van der Waals surface area (Å²) in [4.78, 5) is 12.2. The molecule has 0 bridgehead atoms. The molecule has 6 nitrogen and oxygen atoms in total. The molecule has 0 spiro atoms. The summed E-state index contributed by atoms with van der Waals surface area (Å²) in [7, 11) is 7.47. The molecule has 0 unspecified atom stereocenters. The smallest absolute Gasteiger partial charge is 0.101 e. The molecule has 6 heteroatoms. The Bertz CT molecular complexity index is 849. The van der Waals surface area contributed by atoms with Crippen LogP contribution < -0.4 is 0 Å². The van der Waals surface area contributed by atoms with Crippen LogP contribution in [-0.2, 0) is 0 Å². The van der Waals surface area contributed by atoms with E-state index in [1.165, 1.54) is 0 Å². The van der Waals surface area contributed by atoms with Crippen molar-refractivity contribution in [1.82, 2.24) is 9.80 Å². The van der Waals surface area contributed by atoms with Gasteiger partial charge >= 0.3 is 0 Å². The van der Waals surface area contributed by atoms with Gasteiger partial charge in [0.1, 0.15) is 12.1 Å². The van der Waals surface area contributed by atoms with Crippen molar-refractivity contribution in [2.24, 2.45) is 9.98 Å². The Morgan fingerprint density at radius 3 is 1.42 bits per heavy atom. The molecule has 0 fully saturated rings. The monoisotopic (exact) mass is 344 g/mol. The maximum Gasteiger partial charge on any atom is 0.101 e. The molecule has 0 aliphatic heterocycles. The summed E-state index contributed by atoms with van der Waals surface area (Å²) in [5.74, 6) is 0. The molecule has 0 radical (unpaired) electrons. The van der Waals surface area contributed by atoms with E-state index in [9.17, 15) is 10.5 Å². The first-order valence-corrected chi connectivity index (χ1v) is 7.94. The van der Waals surface area contributed by atoms with Crippen LogP contribution in [0, 0.1) is 22.7 Å². The van der Waals surface area contributed by atoms with Crippen molar-refractivity contribution in [3.8, 4) is 23.3 Å². The summed E-state index contributed by atoms with van der Waals surface area (Å²) in [5.41, 5.74) is 3.88. The third-order valence-corrected chi connectivity index (χ3v) is 3.42. The van der Waals surface area contributed by atoms with Crippen molar-refractivity contribution in [3.63, 3.8) is 0 Å². The number of aliphatic imine (C=N–C) groups is 2. The van der Waals surface area contributed by atoms with E-state index in [1.54, 1.807) is 46.7 Å². The molecule has 0 saturated heterocycles. The van der Waals surface area contributed by atoms with Crippen molar-refractivity contribution in [2.45, 2.75) is 0 Å². The molecule has 0 saturated carbocycles. The lowest BCUT2D eigenvalue weighted by molar-refractivity contribution is 0.643. The van der Waals surface area contributed by atoms with Crippen LogP contribution in [0.25, 0.3) is 11.1 Å². The Labute approximate surface area is 154 Å². The molecule has 2 aromatic carbocycles. The predicted molar refractivity (Wildman–Crippen MR) is 105 cm³/mol. The Balaban J connectivity index is 2.43. The Hall–Kier alpha value is -3.64. The van der Waals surface area contributed by atoms with Gasteiger partial charge in [-0.2, -0.15) is 10.5 Å². The van der Waals surface area contributed by atoms with Gasteiger partial charge in [-0.1, -0.05) is 12.1 Å². The molecule has 0 atom stereocenters. The largest absolute Gasteiger partial charge is 0.369 e. The highest BCUT2D eigenvalue weighted by Gasteiger charge is 2.08. The summed E-state index contributed by atoms with van der Waals surface area (Å²) in [6.45, 7) is 0. The molecular weight excluding hydrogens is 324 g/mol. The first-order valence-electron chi connectivity index (χ1n) is 7.94. The summed E-state index contributed by atoms with van der Waals surface area (Å²) in [6, 6.07) is 15.3. The topological polar surface area (TPSA) is 78.8 Å². The fourth-order valence-electron chi connectivity index (χ4n) is 2.19. The highest BCUT2D eigenvalue weighted by Crippen LogP contribution is 2.30. The number of rotatable bonds is 5. The summed E-state index contributed by atoms with van der Waals surface area (Å²) in [5, 5.41) is 18.8. The zero-order valence-corrected chi connectivity index (χ0v) is 15.3. The lowest BCUT2D eigenvalue weighted by Gasteiger charge is -2.08. The summed E-state index contributed by atoms with van der Waals surface area (Å²) < 4.78 is 0. The average Bonchev–Trinajstić information content (AvgIpc) is 2.64. The van der Waals surface area contributed by atoms with Gasteiger partial charge < -0.3 is 9.80 Å². The lowest BCUT2D eigenvalue weighted by atomic mass is 10.00. The SMILES string of the molecule is CN(C)C=Nc1ccc(-c2ccc(N=CN(C)C)c(C#N)c2)cc1C#N. The molecule has 0 amide bonds. The Kier molecular flexibility index (Phi) is 6.08. The summed E-state index contributed by atoms with van der Waals surface area (Å²) in [6.07, 6.45) is 3.31. The molecular formula is C20H20N6. The van der Waals surface area contributed by atoms with Crippen molar-refractivity contribution in [2.75, 3.05) is 28.2 Å². The van der Waals surface area contributed by atoms with E-state index in [0.29, 0.717) is 22.5 Å². The van der Waals surface area contributed by atoms with Gasteiger partial charge in [0, 0.05) is 28.2 Å². The maximum atomic E-state index is 9.41. The average molecular weight is 344 g/mol. The van der Waals surface area contributed by atoms with Crippen LogP contribution in [0.2, 0.25) is 0 Å². The van der Waals surface area contributed by atoms with Crippen molar-refractivity contribution in [3.05, 3.63) is 47.5 Å². The highest BCUT2D eigenvalue weighted by atomic mass is 15.1. The van der Waals surface area contributed by atoms with E-state index in [0.717, 1.165) is 11.1 Å². The van der Waals surface area contributed by atoms with Gasteiger partial charge in [-0.05, 0) is 35.4 Å². The van der Waals surface area contributed by atoms with Gasteiger partial charge in [0.2, 0.25) is 0 Å². The van der Waals surface area contributed by atoms with Crippen LogP contribution in [0.4, 0.5) is 11.4 Å². The van der Waals surface area contributed by atoms with Crippen molar-refractivity contribution in [1.29, 1.82) is 10.5 Å². The van der Waals surface area contributed by atoms with Crippen molar-refractivity contribution < 1.29 is 0 Å². The van der Waals surface area contributed by atoms with Crippen LogP contribution in [0.1, 0.15) is 11.1 Å². The molecule has 0 aliphatic carbocycles. The zero-order valence-electron chi connectivity index (χ0n) is 15.3. The van der Waals surface area contributed by atoms with Crippen LogP contribution in [0.15, 0.2) is 46.4 Å². The first kappa shape index (κ1) is 18.7. The number of hydrogen-bond donors (Lipinski definition) is 0. The standard InChI is InChI=1S/C20H20N6/c1-25(2)13-23-19-7-5-15(9-17(19)11-21)16-6-8-20(18(10-16)12-22)24-14-26(3)4/h5-10,13-14H,1-4H3. The molecule has 0 heterocycles. The minimum atomic E-state index is 0.480. The summed E-state index contributed by atoms with van der Waals surface area (Å²) >= 11 is 0. The van der Waals surface area contributed by atoms with E-state index in [2.05, 4.69) is 22.1 Å². The zero-order chi connectivity index (χ0) is 19.1. The van der Waals surface area contributed by atoms with Gasteiger partial charge in [-0.15, -0.1) is 0 Å². The molecule has 0 N–H and O–H groups in total. The fourth-order valence-corrected chi connectivity index (χ4v) is 2.19. The molecule has 2 rings (SSSR count). The van der Waals surface area contributed by atoms with E-state index < -0.39 is 0 Å². The molecule has 0 aromatic heterocycles. The molecule has 2 aromatic rings. The van der Waals surface area contributed by atoms with Gasteiger partial charge in [-0.3, -0.25) is 0 Å².